The van der Waals surface area contributed by atoms with Crippen molar-refractivity contribution in [2.75, 3.05) is 20.8 Å². The van der Waals surface area contributed by atoms with E-state index in [1.807, 2.05) is 29.9 Å². The highest BCUT2D eigenvalue weighted by molar-refractivity contribution is 7.09. The lowest BCUT2D eigenvalue weighted by Gasteiger charge is -2.19. The molecule has 0 fully saturated rings. The number of nitrogens with zero attached hydrogens (tertiary/aromatic N) is 1. The Morgan fingerprint density at radius 1 is 1.32 bits per heavy atom. The number of thiazole rings is 1. The van der Waals surface area contributed by atoms with E-state index in [1.165, 1.54) is 4.88 Å². The molecule has 0 saturated heterocycles. The molecule has 1 aromatic heterocycles. The summed E-state index contributed by atoms with van der Waals surface area (Å²) in [6.07, 6.45) is 1.89. The second-order valence-electron chi connectivity index (χ2n) is 4.00. The zero-order valence-electron chi connectivity index (χ0n) is 11.3. The normalized spacial score (nSPS) is 12.2. The van der Waals surface area contributed by atoms with E-state index < -0.39 is 0 Å². The van der Waals surface area contributed by atoms with Crippen molar-refractivity contribution in [2.24, 2.45) is 0 Å². The van der Waals surface area contributed by atoms with E-state index in [1.54, 1.807) is 25.6 Å². The predicted octanol–water partition coefficient (Wildman–Crippen LogP) is 2.86. The molecular formula is C14H18N2O2S. The van der Waals surface area contributed by atoms with Gasteiger partial charge in [0.05, 0.1) is 25.8 Å². The van der Waals surface area contributed by atoms with Crippen molar-refractivity contribution in [3.63, 3.8) is 0 Å². The van der Waals surface area contributed by atoms with Crippen LogP contribution in [0.1, 0.15) is 23.4 Å². The van der Waals surface area contributed by atoms with Gasteiger partial charge in [-0.2, -0.15) is 0 Å². The first-order valence-electron chi connectivity index (χ1n) is 6.13. The maximum atomic E-state index is 5.48. The van der Waals surface area contributed by atoms with Crippen LogP contribution >= 0.6 is 11.3 Å². The molecule has 0 amide bonds. The van der Waals surface area contributed by atoms with Crippen LogP contribution in [0, 0.1) is 0 Å². The van der Waals surface area contributed by atoms with Crippen molar-refractivity contribution in [1.82, 2.24) is 10.3 Å². The Morgan fingerprint density at radius 2 is 2.16 bits per heavy atom. The van der Waals surface area contributed by atoms with E-state index >= 15 is 0 Å². The molecule has 0 spiro atoms. The molecule has 19 heavy (non-hydrogen) atoms. The highest BCUT2D eigenvalue weighted by Gasteiger charge is 2.19. The van der Waals surface area contributed by atoms with E-state index in [0.717, 1.165) is 23.6 Å². The smallest absolute Gasteiger partial charge is 0.127 e. The zero-order valence-corrected chi connectivity index (χ0v) is 12.2. The average molecular weight is 278 g/mol. The van der Waals surface area contributed by atoms with Crippen LogP contribution in [0.4, 0.5) is 0 Å². The Kier molecular flexibility index (Phi) is 4.76. The molecule has 0 radical (unpaired) electrons. The Balaban J connectivity index is 2.41. The van der Waals surface area contributed by atoms with E-state index in [4.69, 9.17) is 9.47 Å². The third kappa shape index (κ3) is 3.05. The summed E-state index contributed by atoms with van der Waals surface area (Å²) in [5, 5.41) is 3.46. The number of hydrogen-bond acceptors (Lipinski definition) is 5. The van der Waals surface area contributed by atoms with Crippen LogP contribution in [0.5, 0.6) is 11.5 Å². The fourth-order valence-electron chi connectivity index (χ4n) is 1.99. The van der Waals surface area contributed by atoms with Crippen LogP contribution in [-0.4, -0.2) is 25.7 Å². The number of aromatic nitrogens is 1. The summed E-state index contributed by atoms with van der Waals surface area (Å²) in [5.74, 6) is 1.61. The molecule has 0 saturated carbocycles. The molecule has 4 nitrogen and oxygen atoms in total. The zero-order chi connectivity index (χ0) is 13.7. The van der Waals surface area contributed by atoms with Crippen LogP contribution in [-0.2, 0) is 0 Å². The van der Waals surface area contributed by atoms with Crippen LogP contribution in [0.3, 0.4) is 0 Å². The maximum Gasteiger partial charge on any atom is 0.127 e. The first-order chi connectivity index (χ1) is 9.30. The Labute approximate surface area is 117 Å². The minimum Gasteiger partial charge on any atom is -0.497 e. The third-order valence-corrected chi connectivity index (χ3v) is 3.74. The van der Waals surface area contributed by atoms with Crippen molar-refractivity contribution in [3.05, 3.63) is 40.3 Å². The molecule has 1 unspecified atom stereocenters. The van der Waals surface area contributed by atoms with Gasteiger partial charge in [-0.25, -0.2) is 0 Å². The molecule has 1 aromatic carbocycles. The van der Waals surface area contributed by atoms with Crippen LogP contribution in [0.15, 0.2) is 29.9 Å². The largest absolute Gasteiger partial charge is 0.497 e. The van der Waals surface area contributed by atoms with Crippen molar-refractivity contribution in [3.8, 4) is 11.5 Å². The summed E-state index contributed by atoms with van der Waals surface area (Å²) >= 11 is 1.63. The van der Waals surface area contributed by atoms with Crippen molar-refractivity contribution in [1.29, 1.82) is 0 Å². The molecule has 5 heteroatoms. The lowest BCUT2D eigenvalue weighted by molar-refractivity contribution is 0.388. The number of nitrogens with one attached hydrogen (secondary N) is 1. The van der Waals surface area contributed by atoms with Crippen molar-refractivity contribution >= 4 is 11.3 Å². The summed E-state index contributed by atoms with van der Waals surface area (Å²) in [4.78, 5) is 5.32. The van der Waals surface area contributed by atoms with Gasteiger partial charge in [-0.05, 0) is 18.7 Å². The molecule has 2 aromatic rings. The molecule has 0 aliphatic rings. The molecule has 0 aliphatic carbocycles. The van der Waals surface area contributed by atoms with Gasteiger partial charge in [0, 0.05) is 22.7 Å². The Bertz CT molecular complexity index is 514. The fraction of sp³-hybridized carbons (Fsp3) is 0.357. The van der Waals surface area contributed by atoms with Gasteiger partial charge < -0.3 is 14.8 Å². The molecule has 1 heterocycles. The third-order valence-electron chi connectivity index (χ3n) is 2.90. The highest BCUT2D eigenvalue weighted by Crippen LogP contribution is 2.34. The van der Waals surface area contributed by atoms with Crippen molar-refractivity contribution < 1.29 is 9.47 Å². The lowest BCUT2D eigenvalue weighted by Crippen LogP contribution is -2.21. The molecule has 0 bridgehead atoms. The topological polar surface area (TPSA) is 43.4 Å². The first-order valence-corrected chi connectivity index (χ1v) is 7.01. The van der Waals surface area contributed by atoms with Crippen molar-refractivity contribution in [2.45, 2.75) is 13.0 Å². The summed E-state index contributed by atoms with van der Waals surface area (Å²) in [6, 6.07) is 5.98. The predicted molar refractivity (Wildman–Crippen MR) is 77.2 cm³/mol. The second-order valence-corrected chi connectivity index (χ2v) is 4.92. The van der Waals surface area contributed by atoms with Crippen LogP contribution < -0.4 is 14.8 Å². The average Bonchev–Trinajstić information content (AvgIpc) is 2.98. The summed E-state index contributed by atoms with van der Waals surface area (Å²) in [6.45, 7) is 2.96. The molecule has 1 atom stereocenters. The van der Waals surface area contributed by atoms with E-state index in [9.17, 15) is 0 Å². The van der Waals surface area contributed by atoms with Gasteiger partial charge in [-0.1, -0.05) is 6.92 Å². The number of ether oxygens (including phenoxy) is 2. The monoisotopic (exact) mass is 278 g/mol. The Hall–Kier alpha value is -1.59. The van der Waals surface area contributed by atoms with Gasteiger partial charge in [0.25, 0.3) is 0 Å². The van der Waals surface area contributed by atoms with Gasteiger partial charge in [0.1, 0.15) is 11.5 Å². The molecule has 0 aliphatic heterocycles. The molecule has 2 rings (SSSR count). The van der Waals surface area contributed by atoms with E-state index in [0.29, 0.717) is 0 Å². The standard InChI is InChI=1S/C14H18N2O2S/c1-4-16-14(13-8-15-9-19-13)11-6-5-10(17-2)7-12(11)18-3/h5-9,14,16H,4H2,1-3H3. The summed E-state index contributed by atoms with van der Waals surface area (Å²) in [5.41, 5.74) is 2.93. The van der Waals surface area contributed by atoms with E-state index in [-0.39, 0.29) is 6.04 Å². The fourth-order valence-corrected chi connectivity index (χ4v) is 2.70. The van der Waals surface area contributed by atoms with Gasteiger partial charge >= 0.3 is 0 Å². The number of hydrogen-bond donors (Lipinski definition) is 1. The van der Waals surface area contributed by atoms with Crippen LogP contribution in [0.25, 0.3) is 0 Å². The van der Waals surface area contributed by atoms with Gasteiger partial charge in [-0.3, -0.25) is 4.98 Å². The SMILES string of the molecule is CCNC(c1cncs1)c1ccc(OC)cc1OC. The molecular weight excluding hydrogens is 260 g/mol. The Morgan fingerprint density at radius 3 is 2.74 bits per heavy atom. The van der Waals surface area contributed by atoms with Gasteiger partial charge in [-0.15, -0.1) is 11.3 Å². The highest BCUT2D eigenvalue weighted by atomic mass is 32.1. The second kappa shape index (κ2) is 6.54. The molecule has 1 N–H and O–H groups in total. The number of methoxy groups -OCH3 is 2. The first kappa shape index (κ1) is 13.8. The quantitative estimate of drug-likeness (QED) is 0.882. The number of rotatable bonds is 6. The van der Waals surface area contributed by atoms with E-state index in [2.05, 4.69) is 17.2 Å². The van der Waals surface area contributed by atoms with Crippen LogP contribution in [0.2, 0.25) is 0 Å². The minimum absolute atomic E-state index is 0.0957. The maximum absolute atomic E-state index is 5.48. The summed E-state index contributed by atoms with van der Waals surface area (Å²) < 4.78 is 10.7. The van der Waals surface area contributed by atoms with Gasteiger partial charge in [0.15, 0.2) is 0 Å². The molecule has 102 valence electrons. The lowest BCUT2D eigenvalue weighted by atomic mass is 10.0. The van der Waals surface area contributed by atoms with Gasteiger partial charge in [0.2, 0.25) is 0 Å². The minimum atomic E-state index is 0.0957. The number of benzene rings is 1. The summed E-state index contributed by atoms with van der Waals surface area (Å²) in [7, 11) is 3.33.